The van der Waals surface area contributed by atoms with Gasteiger partial charge in [0, 0.05) is 17.9 Å². The molecule has 7 nitrogen and oxygen atoms in total. The molecule has 0 radical (unpaired) electrons. The van der Waals surface area contributed by atoms with E-state index < -0.39 is 17.1 Å². The van der Waals surface area contributed by atoms with E-state index in [1.54, 1.807) is 0 Å². The first-order valence-electron chi connectivity index (χ1n) is 6.24. The lowest BCUT2D eigenvalue weighted by Gasteiger charge is -2.20. The van der Waals surface area contributed by atoms with E-state index >= 15 is 0 Å². The van der Waals surface area contributed by atoms with Crippen LogP contribution < -0.4 is 0 Å². The summed E-state index contributed by atoms with van der Waals surface area (Å²) in [7, 11) is 0. The number of non-ortho nitro benzene ring substituents is 1. The highest BCUT2D eigenvalue weighted by Gasteiger charge is 2.33. The topological polar surface area (TPSA) is 89.8 Å². The number of carbonyl (C=O) groups is 2. The number of hydrogen-bond donors (Lipinski definition) is 0. The Bertz CT molecular complexity index is 560. The van der Waals surface area contributed by atoms with Gasteiger partial charge in [0.05, 0.1) is 10.8 Å². The van der Waals surface area contributed by atoms with E-state index in [0.29, 0.717) is 17.2 Å². The molecule has 1 amide bonds. The van der Waals surface area contributed by atoms with E-state index in [4.69, 9.17) is 4.74 Å². The van der Waals surface area contributed by atoms with Gasteiger partial charge in [-0.3, -0.25) is 19.8 Å². The van der Waals surface area contributed by atoms with Crippen LogP contribution in [0.3, 0.4) is 0 Å². The summed E-state index contributed by atoms with van der Waals surface area (Å²) in [5.41, 5.74) is 0.637. The fourth-order valence-corrected chi connectivity index (χ4v) is 3.13. The number of hydrogen-bond acceptors (Lipinski definition) is 6. The zero-order chi connectivity index (χ0) is 15.4. The van der Waals surface area contributed by atoms with E-state index in [1.807, 2.05) is 0 Å². The van der Waals surface area contributed by atoms with E-state index in [-0.39, 0.29) is 18.1 Å². The molecule has 0 aliphatic carbocycles. The van der Waals surface area contributed by atoms with Gasteiger partial charge in [0.2, 0.25) is 0 Å². The van der Waals surface area contributed by atoms with Crippen molar-refractivity contribution in [3.8, 4) is 0 Å². The molecule has 1 heterocycles. The van der Waals surface area contributed by atoms with Gasteiger partial charge in [-0.15, -0.1) is 11.8 Å². The molecule has 8 heteroatoms. The van der Waals surface area contributed by atoms with Crippen LogP contribution in [0.15, 0.2) is 24.3 Å². The number of thioether (sulfide) groups is 1. The molecule has 112 valence electrons. The van der Waals surface area contributed by atoms with Crippen LogP contribution in [0.5, 0.6) is 0 Å². The molecule has 0 bridgehead atoms. The van der Waals surface area contributed by atoms with E-state index in [9.17, 15) is 19.7 Å². The number of ketones is 1. The molecule has 0 saturated carbocycles. The molecule has 1 aliphatic heterocycles. The molecular weight excluding hydrogens is 296 g/mol. The fraction of sp³-hybridized carbons (Fsp3) is 0.385. The second-order valence-corrected chi connectivity index (χ2v) is 5.57. The van der Waals surface area contributed by atoms with Crippen LogP contribution in [0.4, 0.5) is 10.5 Å². The van der Waals surface area contributed by atoms with Gasteiger partial charge in [0.15, 0.2) is 5.78 Å². The number of ether oxygens (including phenoxy) is 1. The average Bonchev–Trinajstić information content (AvgIpc) is 2.95. The Morgan fingerprint density at radius 2 is 2.10 bits per heavy atom. The van der Waals surface area contributed by atoms with Gasteiger partial charge in [-0.25, -0.2) is 4.79 Å². The van der Waals surface area contributed by atoms with Crippen LogP contribution in [-0.4, -0.2) is 39.4 Å². The highest BCUT2D eigenvalue weighted by Crippen LogP contribution is 2.22. The van der Waals surface area contributed by atoms with Crippen LogP contribution in [0, 0.1) is 10.1 Å². The molecule has 1 aliphatic rings. The normalized spacial score (nSPS) is 17.6. The number of amides is 1. The Kier molecular flexibility index (Phi) is 4.79. The predicted octanol–water partition coefficient (Wildman–Crippen LogP) is 2.20. The van der Waals surface area contributed by atoms with Crippen LogP contribution in [0.1, 0.15) is 12.5 Å². The maximum Gasteiger partial charge on any atom is 0.411 e. The average molecular weight is 310 g/mol. The number of benzene rings is 1. The number of rotatable bonds is 4. The number of nitrogens with zero attached hydrogens (tertiary/aromatic N) is 2. The monoisotopic (exact) mass is 310 g/mol. The van der Waals surface area contributed by atoms with Crippen molar-refractivity contribution in [2.45, 2.75) is 19.6 Å². The first-order chi connectivity index (χ1) is 9.99. The third kappa shape index (κ3) is 3.72. The molecule has 2 rings (SSSR count). The van der Waals surface area contributed by atoms with Crippen molar-refractivity contribution in [3.05, 3.63) is 39.9 Å². The predicted molar refractivity (Wildman–Crippen MR) is 76.9 cm³/mol. The summed E-state index contributed by atoms with van der Waals surface area (Å²) >= 11 is 1.50. The summed E-state index contributed by atoms with van der Waals surface area (Å²) in [6.45, 7) is 1.47. The van der Waals surface area contributed by atoms with Gasteiger partial charge in [0.1, 0.15) is 12.6 Å². The quantitative estimate of drug-likeness (QED) is 0.625. The van der Waals surface area contributed by atoms with Crippen molar-refractivity contribution in [1.29, 1.82) is 0 Å². The fourth-order valence-electron chi connectivity index (χ4n) is 1.90. The minimum absolute atomic E-state index is 0.0161. The first kappa shape index (κ1) is 15.3. The highest BCUT2D eigenvalue weighted by molar-refractivity contribution is 7.99. The number of carbonyl (C=O) groups excluding carboxylic acids is 2. The summed E-state index contributed by atoms with van der Waals surface area (Å²) in [5.74, 6) is 0.956. The summed E-state index contributed by atoms with van der Waals surface area (Å²) in [4.78, 5) is 34.8. The number of Topliss-reactive ketones (excluding diaryl/α,β-unsaturated/α-hetero) is 1. The third-order valence-electron chi connectivity index (χ3n) is 3.10. The van der Waals surface area contributed by atoms with Gasteiger partial charge in [-0.2, -0.15) is 0 Å². The van der Waals surface area contributed by atoms with Crippen LogP contribution in [0.2, 0.25) is 0 Å². The van der Waals surface area contributed by atoms with Gasteiger partial charge in [-0.05, 0) is 24.6 Å². The molecule has 21 heavy (non-hydrogen) atoms. The van der Waals surface area contributed by atoms with E-state index in [2.05, 4.69) is 0 Å². The van der Waals surface area contributed by atoms with Gasteiger partial charge >= 0.3 is 6.09 Å². The summed E-state index contributed by atoms with van der Waals surface area (Å²) in [6.07, 6.45) is -0.543. The van der Waals surface area contributed by atoms with Gasteiger partial charge < -0.3 is 4.74 Å². The minimum atomic E-state index is -0.543. The molecule has 0 spiro atoms. The van der Waals surface area contributed by atoms with Crippen molar-refractivity contribution in [2.75, 3.05) is 11.6 Å². The van der Waals surface area contributed by atoms with Crippen molar-refractivity contribution in [1.82, 2.24) is 4.90 Å². The lowest BCUT2D eigenvalue weighted by Crippen LogP contribution is -2.41. The molecular formula is C13H14N2O5S. The third-order valence-corrected chi connectivity index (χ3v) is 4.11. The second-order valence-electron chi connectivity index (χ2n) is 4.57. The summed E-state index contributed by atoms with van der Waals surface area (Å²) in [5, 5.41) is 10.5. The first-order valence-corrected chi connectivity index (χ1v) is 7.39. The van der Waals surface area contributed by atoms with Crippen molar-refractivity contribution < 1.29 is 19.2 Å². The molecule has 1 atom stereocenters. The molecule has 0 N–H and O–H groups in total. The molecule has 1 saturated heterocycles. The van der Waals surface area contributed by atoms with Gasteiger partial charge in [-0.1, -0.05) is 0 Å². The molecule has 1 aromatic carbocycles. The highest BCUT2D eigenvalue weighted by atomic mass is 32.2. The summed E-state index contributed by atoms with van der Waals surface area (Å²) < 4.78 is 5.14. The summed E-state index contributed by atoms with van der Waals surface area (Å²) in [6, 6.07) is 5.35. The standard InChI is InChI=1S/C13H14N2O5S/c1-9(16)12-7-21-8-14(12)13(17)20-6-10-2-4-11(5-3-10)15(18)19/h2-5,12H,6-8H2,1H3/t12-/m0/s1. The second kappa shape index (κ2) is 6.57. The number of nitro benzene ring substituents is 1. The number of nitro groups is 1. The Labute approximate surface area is 125 Å². The van der Waals surface area contributed by atoms with Crippen LogP contribution in [-0.2, 0) is 16.1 Å². The van der Waals surface area contributed by atoms with Crippen molar-refractivity contribution in [3.63, 3.8) is 0 Å². The molecule has 1 aromatic rings. The van der Waals surface area contributed by atoms with E-state index in [1.165, 1.54) is 47.9 Å². The Balaban J connectivity index is 1.91. The van der Waals surface area contributed by atoms with Crippen molar-refractivity contribution >= 4 is 29.3 Å². The smallest absolute Gasteiger partial charge is 0.411 e. The molecule has 0 aromatic heterocycles. The van der Waals surface area contributed by atoms with Gasteiger partial charge in [0.25, 0.3) is 5.69 Å². The largest absolute Gasteiger partial charge is 0.445 e. The maximum atomic E-state index is 11.9. The Hall–Kier alpha value is -2.09. The Morgan fingerprint density at radius 1 is 1.43 bits per heavy atom. The lowest BCUT2D eigenvalue weighted by molar-refractivity contribution is -0.384. The molecule has 0 unspecified atom stereocenters. The van der Waals surface area contributed by atoms with E-state index in [0.717, 1.165) is 0 Å². The Morgan fingerprint density at radius 3 is 2.67 bits per heavy atom. The minimum Gasteiger partial charge on any atom is -0.445 e. The SMILES string of the molecule is CC(=O)[C@@H]1CSCN1C(=O)OCc1ccc([N+](=O)[O-])cc1. The van der Waals surface area contributed by atoms with Crippen LogP contribution in [0.25, 0.3) is 0 Å². The van der Waals surface area contributed by atoms with Crippen molar-refractivity contribution in [2.24, 2.45) is 0 Å². The maximum absolute atomic E-state index is 11.9. The lowest BCUT2D eigenvalue weighted by atomic mass is 10.2. The zero-order valence-electron chi connectivity index (χ0n) is 11.4. The molecule has 1 fully saturated rings. The zero-order valence-corrected chi connectivity index (χ0v) is 12.2. The van der Waals surface area contributed by atoms with Crippen LogP contribution >= 0.6 is 11.8 Å².